The zero-order valence-corrected chi connectivity index (χ0v) is 13.5. The van der Waals surface area contributed by atoms with E-state index in [-0.39, 0.29) is 5.60 Å². The van der Waals surface area contributed by atoms with E-state index >= 15 is 0 Å². The summed E-state index contributed by atoms with van der Waals surface area (Å²) in [4.78, 5) is 3.90. The molecule has 0 amide bonds. The van der Waals surface area contributed by atoms with E-state index in [4.69, 9.17) is 9.47 Å². The fraction of sp³-hybridized carbons (Fsp3) is 0.438. The molecule has 0 radical (unpaired) electrons. The van der Waals surface area contributed by atoms with Crippen molar-refractivity contribution in [1.82, 2.24) is 14.8 Å². The summed E-state index contributed by atoms with van der Waals surface area (Å²) in [6.45, 7) is 6.87. The predicted octanol–water partition coefficient (Wildman–Crippen LogP) is 2.27. The van der Waals surface area contributed by atoms with Crippen LogP contribution in [0.4, 0.5) is 0 Å². The van der Waals surface area contributed by atoms with E-state index in [0.29, 0.717) is 24.6 Å². The molecule has 0 bridgehead atoms. The summed E-state index contributed by atoms with van der Waals surface area (Å²) in [6, 6.07) is 3.83. The Morgan fingerprint density at radius 3 is 2.96 bits per heavy atom. The maximum Gasteiger partial charge on any atom is 0.165 e. The highest BCUT2D eigenvalue weighted by atomic mass is 16.5. The normalized spacial score (nSPS) is 16.0. The first-order valence-corrected chi connectivity index (χ1v) is 7.55. The SMILES string of the molecule is CCOc1cc(/C(Cn2cncn2)=N/O)cc2c1OC(C)(C)C2. The molecule has 3 rings (SSSR count). The highest BCUT2D eigenvalue weighted by Crippen LogP contribution is 2.43. The number of hydrogen-bond acceptors (Lipinski definition) is 6. The fourth-order valence-electron chi connectivity index (χ4n) is 2.76. The molecule has 122 valence electrons. The molecular weight excluding hydrogens is 296 g/mol. The van der Waals surface area contributed by atoms with Gasteiger partial charge < -0.3 is 14.7 Å². The molecule has 1 N–H and O–H groups in total. The van der Waals surface area contributed by atoms with Crippen LogP contribution in [0.3, 0.4) is 0 Å². The highest BCUT2D eigenvalue weighted by Gasteiger charge is 2.33. The van der Waals surface area contributed by atoms with Crippen LogP contribution >= 0.6 is 0 Å². The van der Waals surface area contributed by atoms with Crippen LogP contribution in [0, 0.1) is 0 Å². The van der Waals surface area contributed by atoms with Gasteiger partial charge in [0, 0.05) is 17.5 Å². The maximum atomic E-state index is 9.40. The van der Waals surface area contributed by atoms with Gasteiger partial charge in [0.25, 0.3) is 0 Å². The number of oxime groups is 1. The van der Waals surface area contributed by atoms with Gasteiger partial charge in [-0.05, 0) is 32.9 Å². The number of aromatic nitrogens is 3. The molecule has 23 heavy (non-hydrogen) atoms. The van der Waals surface area contributed by atoms with Crippen molar-refractivity contribution in [3.05, 3.63) is 35.9 Å². The van der Waals surface area contributed by atoms with Crippen LogP contribution in [0.5, 0.6) is 11.5 Å². The second-order valence-electron chi connectivity index (χ2n) is 6.07. The first-order valence-electron chi connectivity index (χ1n) is 7.55. The third kappa shape index (κ3) is 3.13. The number of rotatable bonds is 5. The topological polar surface area (TPSA) is 81.8 Å². The molecule has 1 aromatic carbocycles. The van der Waals surface area contributed by atoms with Gasteiger partial charge in [0.2, 0.25) is 0 Å². The summed E-state index contributed by atoms with van der Waals surface area (Å²) in [7, 11) is 0. The van der Waals surface area contributed by atoms with Gasteiger partial charge in [-0.1, -0.05) is 5.16 Å². The Kier molecular flexibility index (Phi) is 3.94. The van der Waals surface area contributed by atoms with E-state index in [1.54, 1.807) is 11.0 Å². The average Bonchev–Trinajstić information content (AvgIpc) is 3.10. The molecule has 0 saturated carbocycles. The zero-order chi connectivity index (χ0) is 16.4. The van der Waals surface area contributed by atoms with Gasteiger partial charge in [-0.15, -0.1) is 0 Å². The van der Waals surface area contributed by atoms with Crippen molar-refractivity contribution in [2.75, 3.05) is 6.61 Å². The largest absolute Gasteiger partial charge is 0.490 e. The molecule has 0 fully saturated rings. The molecule has 2 aromatic rings. The summed E-state index contributed by atoms with van der Waals surface area (Å²) in [5.41, 5.74) is 2.06. The average molecular weight is 316 g/mol. The quantitative estimate of drug-likeness (QED) is 0.520. The van der Waals surface area contributed by atoms with Crippen molar-refractivity contribution >= 4 is 5.71 Å². The van der Waals surface area contributed by atoms with E-state index in [1.165, 1.54) is 6.33 Å². The predicted molar refractivity (Wildman–Crippen MR) is 84.4 cm³/mol. The number of benzene rings is 1. The number of fused-ring (bicyclic) bond motifs is 1. The molecule has 1 aromatic heterocycles. The smallest absolute Gasteiger partial charge is 0.165 e. The van der Waals surface area contributed by atoms with Gasteiger partial charge >= 0.3 is 0 Å². The molecule has 0 saturated heterocycles. The molecule has 1 aliphatic rings. The molecule has 0 aliphatic carbocycles. The molecule has 0 unspecified atom stereocenters. The minimum absolute atomic E-state index is 0.269. The molecule has 1 aliphatic heterocycles. The highest BCUT2D eigenvalue weighted by molar-refractivity contribution is 6.00. The molecule has 7 nitrogen and oxygen atoms in total. The Morgan fingerprint density at radius 1 is 1.48 bits per heavy atom. The zero-order valence-electron chi connectivity index (χ0n) is 13.5. The second kappa shape index (κ2) is 5.91. The Balaban J connectivity index is 1.98. The number of hydrogen-bond donors (Lipinski definition) is 1. The lowest BCUT2D eigenvalue weighted by molar-refractivity contribution is 0.132. The lowest BCUT2D eigenvalue weighted by Crippen LogP contribution is -2.24. The van der Waals surface area contributed by atoms with Crippen LogP contribution in [0.2, 0.25) is 0 Å². The van der Waals surface area contributed by atoms with Crippen molar-refractivity contribution in [2.24, 2.45) is 5.16 Å². The Morgan fingerprint density at radius 2 is 2.30 bits per heavy atom. The molecule has 7 heteroatoms. The third-order valence-electron chi connectivity index (χ3n) is 3.66. The summed E-state index contributed by atoms with van der Waals surface area (Å²) in [5, 5.41) is 16.9. The van der Waals surface area contributed by atoms with E-state index < -0.39 is 0 Å². The molecular formula is C16H20N4O3. The van der Waals surface area contributed by atoms with Crippen LogP contribution in [0.1, 0.15) is 31.9 Å². The standard InChI is InChI=1S/C16H20N4O3/c1-4-22-14-6-11(5-12-7-16(2,3)23-15(12)14)13(19-21)8-20-10-17-9-18-20/h5-6,9-10,21H,4,7-8H2,1-3H3/b19-13+. The summed E-state index contributed by atoms with van der Waals surface area (Å²) >= 11 is 0. The first kappa shape index (κ1) is 15.3. The van der Waals surface area contributed by atoms with Crippen LogP contribution in [-0.4, -0.2) is 37.9 Å². The van der Waals surface area contributed by atoms with Crippen LogP contribution in [0.15, 0.2) is 29.9 Å². The fourth-order valence-corrected chi connectivity index (χ4v) is 2.76. The Hall–Kier alpha value is -2.57. The van der Waals surface area contributed by atoms with Gasteiger partial charge in [0.15, 0.2) is 11.5 Å². The van der Waals surface area contributed by atoms with E-state index in [0.717, 1.165) is 23.3 Å². The van der Waals surface area contributed by atoms with E-state index in [2.05, 4.69) is 15.2 Å². The second-order valence-corrected chi connectivity index (χ2v) is 6.07. The van der Waals surface area contributed by atoms with Crippen LogP contribution in [0.25, 0.3) is 0 Å². The monoisotopic (exact) mass is 316 g/mol. The van der Waals surface area contributed by atoms with Crippen LogP contribution in [-0.2, 0) is 13.0 Å². The minimum Gasteiger partial charge on any atom is -0.490 e. The van der Waals surface area contributed by atoms with Crippen molar-refractivity contribution in [1.29, 1.82) is 0 Å². The van der Waals surface area contributed by atoms with Crippen LogP contribution < -0.4 is 9.47 Å². The van der Waals surface area contributed by atoms with Gasteiger partial charge in [-0.25, -0.2) is 9.67 Å². The number of ether oxygens (including phenoxy) is 2. The summed E-state index contributed by atoms with van der Waals surface area (Å²) in [5.74, 6) is 1.45. The van der Waals surface area contributed by atoms with E-state index in [9.17, 15) is 5.21 Å². The van der Waals surface area contributed by atoms with Crippen molar-refractivity contribution in [2.45, 2.75) is 39.3 Å². The minimum atomic E-state index is -0.269. The van der Waals surface area contributed by atoms with Crippen molar-refractivity contribution in [3.8, 4) is 11.5 Å². The summed E-state index contributed by atoms with van der Waals surface area (Å²) < 4.78 is 13.3. The van der Waals surface area contributed by atoms with Gasteiger partial charge in [-0.3, -0.25) is 0 Å². The lowest BCUT2D eigenvalue weighted by Gasteiger charge is -2.18. The molecule has 0 atom stereocenters. The van der Waals surface area contributed by atoms with Crippen molar-refractivity contribution in [3.63, 3.8) is 0 Å². The molecule has 2 heterocycles. The Labute approximate surface area is 134 Å². The summed E-state index contributed by atoms with van der Waals surface area (Å²) in [6.07, 6.45) is 3.80. The van der Waals surface area contributed by atoms with Gasteiger partial charge in [-0.2, -0.15) is 5.10 Å². The van der Waals surface area contributed by atoms with Gasteiger partial charge in [0.05, 0.1) is 13.2 Å². The maximum absolute atomic E-state index is 9.40. The lowest BCUT2D eigenvalue weighted by atomic mass is 9.98. The van der Waals surface area contributed by atoms with Crippen molar-refractivity contribution < 1.29 is 14.7 Å². The number of nitrogens with zero attached hydrogens (tertiary/aromatic N) is 4. The Bertz CT molecular complexity index is 723. The first-order chi connectivity index (χ1) is 11.0. The van der Waals surface area contributed by atoms with Gasteiger partial charge in [0.1, 0.15) is 24.0 Å². The third-order valence-corrected chi connectivity index (χ3v) is 3.66. The molecule has 0 spiro atoms. The van der Waals surface area contributed by atoms with E-state index in [1.807, 2.05) is 32.9 Å².